The van der Waals surface area contributed by atoms with Gasteiger partial charge in [0.2, 0.25) is 0 Å². The molecule has 1 aromatic rings. The molecule has 0 fully saturated rings. The van der Waals surface area contributed by atoms with Crippen LogP contribution >= 0.6 is 0 Å². The van der Waals surface area contributed by atoms with E-state index in [4.69, 9.17) is 5.11 Å². The number of carboxylic acid groups (broad SMARTS) is 1. The maximum absolute atomic E-state index is 12.9. The first-order chi connectivity index (χ1) is 13.5. The van der Waals surface area contributed by atoms with Gasteiger partial charge in [-0.2, -0.15) is 0 Å². The molecule has 0 bridgehead atoms. The van der Waals surface area contributed by atoms with Crippen LogP contribution in [0.2, 0.25) is 0 Å². The predicted molar refractivity (Wildman–Crippen MR) is 112 cm³/mol. The SMILES string of the molecule is CCCCCC(O)CCC1c2ccccc2C(=O)C1C/C=C\CCCC(=O)O. The summed E-state index contributed by atoms with van der Waals surface area (Å²) in [6, 6.07) is 7.87. The van der Waals surface area contributed by atoms with Crippen molar-refractivity contribution in [3.63, 3.8) is 0 Å². The number of unbranched alkanes of at least 4 members (excludes halogenated alkanes) is 3. The van der Waals surface area contributed by atoms with Crippen molar-refractivity contribution in [1.82, 2.24) is 0 Å². The van der Waals surface area contributed by atoms with E-state index in [0.29, 0.717) is 12.8 Å². The van der Waals surface area contributed by atoms with Gasteiger partial charge in [0.05, 0.1) is 6.10 Å². The number of aliphatic hydroxyl groups is 1. The number of benzene rings is 1. The molecule has 2 N–H and O–H groups in total. The molecule has 1 aliphatic rings. The van der Waals surface area contributed by atoms with Gasteiger partial charge in [-0.15, -0.1) is 0 Å². The van der Waals surface area contributed by atoms with Crippen molar-refractivity contribution in [3.8, 4) is 0 Å². The Morgan fingerprint density at radius 3 is 2.64 bits per heavy atom. The zero-order valence-electron chi connectivity index (χ0n) is 17.0. The number of rotatable bonds is 13. The molecule has 1 aliphatic carbocycles. The highest BCUT2D eigenvalue weighted by Gasteiger charge is 2.38. The molecule has 0 saturated heterocycles. The highest BCUT2D eigenvalue weighted by atomic mass is 16.4. The molecule has 0 heterocycles. The normalized spacial score (nSPS) is 19.9. The minimum atomic E-state index is -0.771. The summed E-state index contributed by atoms with van der Waals surface area (Å²) in [7, 11) is 0. The topological polar surface area (TPSA) is 74.6 Å². The summed E-state index contributed by atoms with van der Waals surface area (Å²) < 4.78 is 0. The lowest BCUT2D eigenvalue weighted by atomic mass is 9.84. The number of allylic oxidation sites excluding steroid dienone is 2. The molecule has 2 rings (SSSR count). The Bertz CT molecular complexity index is 664. The molecule has 1 aromatic carbocycles. The molecule has 0 amide bonds. The molecule has 4 nitrogen and oxygen atoms in total. The Kier molecular flexibility index (Phi) is 9.42. The van der Waals surface area contributed by atoms with Crippen LogP contribution in [0.1, 0.15) is 93.0 Å². The van der Waals surface area contributed by atoms with Crippen molar-refractivity contribution in [1.29, 1.82) is 0 Å². The maximum Gasteiger partial charge on any atom is 0.303 e. The quantitative estimate of drug-likeness (QED) is 0.346. The molecular weight excluding hydrogens is 352 g/mol. The number of Topliss-reactive ketones (excluding diaryl/α,β-unsaturated/α-hetero) is 1. The molecular formula is C24H34O4. The lowest BCUT2D eigenvalue weighted by molar-refractivity contribution is -0.137. The summed E-state index contributed by atoms with van der Waals surface area (Å²) in [5, 5.41) is 19.0. The fourth-order valence-electron chi connectivity index (χ4n) is 4.15. The lowest BCUT2D eigenvalue weighted by Crippen LogP contribution is -2.16. The number of aliphatic carboxylic acids is 1. The number of hydrogen-bond donors (Lipinski definition) is 2. The molecule has 3 atom stereocenters. The van der Waals surface area contributed by atoms with E-state index in [9.17, 15) is 14.7 Å². The van der Waals surface area contributed by atoms with Gasteiger partial charge in [0.1, 0.15) is 0 Å². The van der Waals surface area contributed by atoms with Crippen LogP contribution in [0.15, 0.2) is 36.4 Å². The smallest absolute Gasteiger partial charge is 0.303 e. The van der Waals surface area contributed by atoms with Crippen LogP contribution in [-0.2, 0) is 4.79 Å². The third-order valence-electron chi connectivity index (χ3n) is 5.72. The fraction of sp³-hybridized carbons (Fsp3) is 0.583. The minimum absolute atomic E-state index is 0.0732. The Morgan fingerprint density at radius 1 is 1.11 bits per heavy atom. The van der Waals surface area contributed by atoms with Crippen molar-refractivity contribution in [2.24, 2.45) is 5.92 Å². The first-order valence-corrected chi connectivity index (χ1v) is 10.7. The molecule has 3 unspecified atom stereocenters. The van der Waals surface area contributed by atoms with Crippen LogP contribution in [-0.4, -0.2) is 28.1 Å². The minimum Gasteiger partial charge on any atom is -0.481 e. The van der Waals surface area contributed by atoms with Gasteiger partial charge in [0.15, 0.2) is 5.78 Å². The second-order valence-corrected chi connectivity index (χ2v) is 7.88. The summed E-state index contributed by atoms with van der Waals surface area (Å²) in [4.78, 5) is 23.5. The van der Waals surface area contributed by atoms with Crippen molar-refractivity contribution < 1.29 is 19.8 Å². The number of ketones is 1. The van der Waals surface area contributed by atoms with E-state index in [1.54, 1.807) is 0 Å². The second-order valence-electron chi connectivity index (χ2n) is 7.88. The second kappa shape index (κ2) is 11.8. The lowest BCUT2D eigenvalue weighted by Gasteiger charge is -2.20. The summed E-state index contributed by atoms with van der Waals surface area (Å²) in [5.74, 6) is -0.479. The number of hydrogen-bond acceptors (Lipinski definition) is 3. The highest BCUT2D eigenvalue weighted by molar-refractivity contribution is 6.03. The summed E-state index contributed by atoms with van der Waals surface area (Å²) in [5.41, 5.74) is 1.95. The average Bonchev–Trinajstić information content (AvgIpc) is 2.94. The van der Waals surface area contributed by atoms with Gasteiger partial charge in [-0.1, -0.05) is 62.6 Å². The molecule has 0 aliphatic heterocycles. The molecule has 0 aromatic heterocycles. The van der Waals surface area contributed by atoms with Crippen LogP contribution in [0, 0.1) is 5.92 Å². The van der Waals surface area contributed by atoms with E-state index in [0.717, 1.165) is 56.1 Å². The van der Waals surface area contributed by atoms with Gasteiger partial charge >= 0.3 is 5.97 Å². The maximum atomic E-state index is 12.9. The largest absolute Gasteiger partial charge is 0.481 e. The Labute approximate surface area is 168 Å². The van der Waals surface area contributed by atoms with Crippen LogP contribution in [0.5, 0.6) is 0 Å². The van der Waals surface area contributed by atoms with Crippen molar-refractivity contribution in [3.05, 3.63) is 47.5 Å². The van der Waals surface area contributed by atoms with E-state index in [-0.39, 0.29) is 30.1 Å². The van der Waals surface area contributed by atoms with Gasteiger partial charge in [-0.05, 0) is 50.0 Å². The number of carboxylic acids is 1. The van der Waals surface area contributed by atoms with Crippen LogP contribution in [0.4, 0.5) is 0 Å². The first-order valence-electron chi connectivity index (χ1n) is 10.7. The Hall–Kier alpha value is -1.94. The number of fused-ring (bicyclic) bond motifs is 1. The third kappa shape index (κ3) is 6.59. The van der Waals surface area contributed by atoms with Crippen molar-refractivity contribution >= 4 is 11.8 Å². The van der Waals surface area contributed by atoms with E-state index in [1.165, 1.54) is 0 Å². The van der Waals surface area contributed by atoms with E-state index in [1.807, 2.05) is 30.4 Å². The van der Waals surface area contributed by atoms with Gasteiger partial charge in [-0.3, -0.25) is 9.59 Å². The van der Waals surface area contributed by atoms with Gasteiger partial charge in [0.25, 0.3) is 0 Å². The van der Waals surface area contributed by atoms with E-state index < -0.39 is 5.97 Å². The monoisotopic (exact) mass is 386 g/mol. The van der Waals surface area contributed by atoms with Crippen molar-refractivity contribution in [2.45, 2.75) is 83.2 Å². The van der Waals surface area contributed by atoms with Gasteiger partial charge < -0.3 is 10.2 Å². The molecule has 154 valence electrons. The first kappa shape index (κ1) is 22.4. The molecule has 0 radical (unpaired) electrons. The molecule has 4 heteroatoms. The van der Waals surface area contributed by atoms with Gasteiger partial charge in [-0.25, -0.2) is 0 Å². The number of carbonyl (C=O) groups is 2. The highest BCUT2D eigenvalue weighted by Crippen LogP contribution is 2.43. The molecule has 28 heavy (non-hydrogen) atoms. The Morgan fingerprint density at radius 2 is 1.89 bits per heavy atom. The van der Waals surface area contributed by atoms with Crippen LogP contribution < -0.4 is 0 Å². The zero-order chi connectivity index (χ0) is 20.4. The fourth-order valence-corrected chi connectivity index (χ4v) is 4.15. The summed E-state index contributed by atoms with van der Waals surface area (Å²) >= 11 is 0. The molecule has 0 saturated carbocycles. The number of carbonyl (C=O) groups excluding carboxylic acids is 1. The standard InChI is InChI=1S/C24H34O4/c1-2-3-6-11-18(25)16-17-20-19-12-9-10-14-21(19)24(28)22(20)13-7-4-5-8-15-23(26)27/h4,7,9-10,12,14,18,20,22,25H,2-3,5-6,8,11,13,15-17H2,1H3,(H,26,27)/b7-4-. The van der Waals surface area contributed by atoms with Crippen LogP contribution in [0.3, 0.4) is 0 Å². The zero-order valence-corrected chi connectivity index (χ0v) is 17.0. The number of aliphatic hydroxyl groups excluding tert-OH is 1. The van der Waals surface area contributed by atoms with E-state index in [2.05, 4.69) is 13.0 Å². The average molecular weight is 387 g/mol. The van der Waals surface area contributed by atoms with Gasteiger partial charge in [0, 0.05) is 17.9 Å². The predicted octanol–water partition coefficient (Wildman–Crippen LogP) is 5.51. The Balaban J connectivity index is 1.94. The van der Waals surface area contributed by atoms with Crippen LogP contribution in [0.25, 0.3) is 0 Å². The summed E-state index contributed by atoms with van der Waals surface area (Å²) in [6.07, 6.45) is 11.7. The molecule has 0 spiro atoms. The van der Waals surface area contributed by atoms with E-state index >= 15 is 0 Å². The third-order valence-corrected chi connectivity index (χ3v) is 5.72. The van der Waals surface area contributed by atoms with Crippen molar-refractivity contribution in [2.75, 3.05) is 0 Å². The summed E-state index contributed by atoms with van der Waals surface area (Å²) in [6.45, 7) is 2.16.